The fourth-order valence-corrected chi connectivity index (χ4v) is 1.77. The predicted molar refractivity (Wildman–Crippen MR) is 54.3 cm³/mol. The van der Waals surface area contributed by atoms with Gasteiger partial charge in [-0.3, -0.25) is 4.79 Å². The van der Waals surface area contributed by atoms with Crippen molar-refractivity contribution in [1.29, 1.82) is 0 Å². The van der Waals surface area contributed by atoms with Gasteiger partial charge >= 0.3 is 5.69 Å². The minimum absolute atomic E-state index is 0.520. The van der Waals surface area contributed by atoms with Crippen molar-refractivity contribution in [3.8, 4) is 0 Å². The first-order valence-electron chi connectivity index (χ1n) is 4.99. The molecule has 0 spiro atoms. The summed E-state index contributed by atoms with van der Waals surface area (Å²) in [5.41, 5.74) is -1.42. The number of aromatic nitrogens is 2. The zero-order chi connectivity index (χ0) is 12.6. The van der Waals surface area contributed by atoms with Gasteiger partial charge in [-0.15, -0.1) is 0 Å². The predicted octanol–water partition coefficient (Wildman–Crippen LogP) is -2.85. The Labute approximate surface area is 94.7 Å². The van der Waals surface area contributed by atoms with Crippen LogP contribution >= 0.6 is 0 Å². The lowest BCUT2D eigenvalue weighted by molar-refractivity contribution is -0.0564. The Morgan fingerprint density at radius 2 is 2.06 bits per heavy atom. The summed E-state index contributed by atoms with van der Waals surface area (Å²) in [4.78, 5) is 25.2. The van der Waals surface area contributed by atoms with Crippen LogP contribution in [0.15, 0.2) is 21.9 Å². The van der Waals surface area contributed by atoms with Crippen LogP contribution in [0.3, 0.4) is 0 Å². The SMILES string of the molecule is O=c1cc[nH]c(=O)n1C1O[C@@H](CO)[C@H](O)[C@H]1O. The summed E-state index contributed by atoms with van der Waals surface area (Å²) in [6, 6.07) is 1.09. The number of rotatable bonds is 2. The smallest absolute Gasteiger partial charge is 0.330 e. The van der Waals surface area contributed by atoms with Gasteiger partial charge in [-0.1, -0.05) is 0 Å². The first-order chi connectivity index (χ1) is 8.06. The number of aliphatic hydroxyl groups excluding tert-OH is 3. The summed E-state index contributed by atoms with van der Waals surface area (Å²) >= 11 is 0. The van der Waals surface area contributed by atoms with E-state index in [1.54, 1.807) is 0 Å². The first kappa shape index (κ1) is 12.0. The summed E-state index contributed by atoms with van der Waals surface area (Å²) in [6.45, 7) is -0.520. The van der Waals surface area contributed by atoms with Crippen LogP contribution in [0, 0.1) is 0 Å². The van der Waals surface area contributed by atoms with Crippen LogP contribution in [0.25, 0.3) is 0 Å². The maximum atomic E-state index is 11.5. The highest BCUT2D eigenvalue weighted by Gasteiger charge is 2.44. The number of hydrogen-bond donors (Lipinski definition) is 4. The van der Waals surface area contributed by atoms with Gasteiger partial charge < -0.3 is 25.0 Å². The maximum absolute atomic E-state index is 11.5. The lowest BCUT2D eigenvalue weighted by atomic mass is 10.1. The van der Waals surface area contributed by atoms with E-state index in [0.29, 0.717) is 4.57 Å². The van der Waals surface area contributed by atoms with Crippen LogP contribution in [0.2, 0.25) is 0 Å². The fourth-order valence-electron chi connectivity index (χ4n) is 1.77. The third-order valence-electron chi connectivity index (χ3n) is 2.66. The van der Waals surface area contributed by atoms with Gasteiger partial charge in [0.05, 0.1) is 6.61 Å². The van der Waals surface area contributed by atoms with Gasteiger partial charge in [-0.2, -0.15) is 0 Å². The highest BCUT2D eigenvalue weighted by atomic mass is 16.6. The van der Waals surface area contributed by atoms with E-state index < -0.39 is 42.4 Å². The molecule has 0 aromatic carbocycles. The molecule has 1 aromatic heterocycles. The molecule has 0 aliphatic carbocycles. The molecule has 8 nitrogen and oxygen atoms in total. The Bertz CT molecular complexity index is 480. The van der Waals surface area contributed by atoms with Crippen molar-refractivity contribution < 1.29 is 20.1 Å². The molecule has 0 amide bonds. The van der Waals surface area contributed by atoms with E-state index in [1.807, 2.05) is 0 Å². The van der Waals surface area contributed by atoms with E-state index >= 15 is 0 Å². The quantitative estimate of drug-likeness (QED) is 0.444. The van der Waals surface area contributed by atoms with E-state index in [1.165, 1.54) is 6.20 Å². The first-order valence-corrected chi connectivity index (χ1v) is 4.99. The van der Waals surface area contributed by atoms with Crippen molar-refractivity contribution in [2.45, 2.75) is 24.5 Å². The molecular formula is C9H12N2O6. The van der Waals surface area contributed by atoms with E-state index in [0.717, 1.165) is 6.07 Å². The topological polar surface area (TPSA) is 125 Å². The number of nitrogens with one attached hydrogen (secondary N) is 1. The molecule has 4 atom stereocenters. The van der Waals surface area contributed by atoms with Crippen LogP contribution < -0.4 is 11.2 Å². The maximum Gasteiger partial charge on any atom is 0.330 e. The molecule has 1 aliphatic rings. The molecule has 17 heavy (non-hydrogen) atoms. The van der Waals surface area contributed by atoms with E-state index in [9.17, 15) is 19.8 Å². The Morgan fingerprint density at radius 3 is 2.59 bits per heavy atom. The van der Waals surface area contributed by atoms with E-state index in [4.69, 9.17) is 9.84 Å². The Balaban J connectivity index is 2.42. The van der Waals surface area contributed by atoms with Gasteiger partial charge in [0.15, 0.2) is 6.23 Å². The average Bonchev–Trinajstić information content (AvgIpc) is 2.57. The van der Waals surface area contributed by atoms with Crippen molar-refractivity contribution in [1.82, 2.24) is 9.55 Å². The summed E-state index contributed by atoms with van der Waals surface area (Å²) in [5, 5.41) is 28.1. The largest absolute Gasteiger partial charge is 0.394 e. The molecule has 8 heteroatoms. The number of H-pyrrole nitrogens is 1. The molecule has 1 saturated heterocycles. The second-order valence-electron chi connectivity index (χ2n) is 3.72. The Morgan fingerprint density at radius 1 is 1.35 bits per heavy atom. The summed E-state index contributed by atoms with van der Waals surface area (Å²) in [7, 11) is 0. The Hall–Kier alpha value is -1.48. The van der Waals surface area contributed by atoms with Gasteiger partial charge in [0.2, 0.25) is 0 Å². The third kappa shape index (κ3) is 1.91. The van der Waals surface area contributed by atoms with Gasteiger partial charge in [-0.25, -0.2) is 9.36 Å². The zero-order valence-corrected chi connectivity index (χ0v) is 8.68. The molecule has 0 saturated carbocycles. The minimum atomic E-state index is -1.45. The summed E-state index contributed by atoms with van der Waals surface area (Å²) < 4.78 is 5.73. The highest BCUT2D eigenvalue weighted by molar-refractivity contribution is 4.93. The summed E-state index contributed by atoms with van der Waals surface area (Å²) in [5.74, 6) is 0. The second kappa shape index (κ2) is 4.41. The van der Waals surface area contributed by atoms with Crippen LogP contribution in [0.4, 0.5) is 0 Å². The molecule has 1 aliphatic heterocycles. The molecule has 1 aromatic rings. The number of ether oxygens (including phenoxy) is 1. The normalized spacial score (nSPS) is 32.9. The van der Waals surface area contributed by atoms with Crippen LogP contribution in [0.1, 0.15) is 6.23 Å². The number of aliphatic hydroxyl groups is 3. The molecule has 1 unspecified atom stereocenters. The lowest BCUT2D eigenvalue weighted by Crippen LogP contribution is -2.42. The molecule has 0 radical (unpaired) electrons. The third-order valence-corrected chi connectivity index (χ3v) is 2.66. The van der Waals surface area contributed by atoms with Crippen molar-refractivity contribution >= 4 is 0 Å². The minimum Gasteiger partial charge on any atom is -0.394 e. The fraction of sp³-hybridized carbons (Fsp3) is 0.556. The van der Waals surface area contributed by atoms with Crippen molar-refractivity contribution in [3.63, 3.8) is 0 Å². The molecule has 0 bridgehead atoms. The van der Waals surface area contributed by atoms with Gasteiger partial charge in [-0.05, 0) is 0 Å². The number of nitrogens with zero attached hydrogens (tertiary/aromatic N) is 1. The summed E-state index contributed by atoms with van der Waals surface area (Å²) in [6.07, 6.45) is -3.96. The molecule has 94 valence electrons. The molecule has 2 rings (SSSR count). The van der Waals surface area contributed by atoms with Gasteiger partial charge in [0, 0.05) is 12.3 Å². The second-order valence-corrected chi connectivity index (χ2v) is 3.72. The molecule has 4 N–H and O–H groups in total. The molecule has 1 fully saturated rings. The zero-order valence-electron chi connectivity index (χ0n) is 8.68. The Kier molecular flexibility index (Phi) is 3.11. The average molecular weight is 244 g/mol. The number of aromatic amines is 1. The lowest BCUT2D eigenvalue weighted by Gasteiger charge is -2.15. The van der Waals surface area contributed by atoms with Gasteiger partial charge in [0.25, 0.3) is 5.56 Å². The van der Waals surface area contributed by atoms with Crippen LogP contribution in [0.5, 0.6) is 0 Å². The van der Waals surface area contributed by atoms with Crippen LogP contribution in [-0.4, -0.2) is 49.8 Å². The van der Waals surface area contributed by atoms with Crippen molar-refractivity contribution in [2.75, 3.05) is 6.61 Å². The van der Waals surface area contributed by atoms with Gasteiger partial charge in [0.1, 0.15) is 18.3 Å². The molecular weight excluding hydrogens is 232 g/mol. The van der Waals surface area contributed by atoms with Crippen molar-refractivity contribution in [3.05, 3.63) is 33.1 Å². The standard InChI is InChI=1S/C9H12N2O6/c12-3-4-6(14)7(15)8(17-4)11-5(13)1-2-10-9(11)16/h1-2,4,6-8,12,14-15H,3H2,(H,10,16)/t4-,6-,7+,8?/m0/s1. The molecule has 2 heterocycles. The van der Waals surface area contributed by atoms with E-state index in [2.05, 4.69) is 4.98 Å². The number of hydrogen-bond acceptors (Lipinski definition) is 6. The monoisotopic (exact) mass is 244 g/mol. The van der Waals surface area contributed by atoms with Crippen molar-refractivity contribution in [2.24, 2.45) is 0 Å². The van der Waals surface area contributed by atoms with E-state index in [-0.39, 0.29) is 0 Å². The van der Waals surface area contributed by atoms with Crippen LogP contribution in [-0.2, 0) is 4.74 Å². The highest BCUT2D eigenvalue weighted by Crippen LogP contribution is 2.26.